The molecule has 17 nitrogen and oxygen atoms in total. The molecule has 0 aromatic rings. The van der Waals surface area contributed by atoms with Gasteiger partial charge in [-0.25, -0.2) is 9.13 Å². The van der Waals surface area contributed by atoms with Gasteiger partial charge in [0.05, 0.1) is 32.8 Å². The van der Waals surface area contributed by atoms with E-state index >= 15 is 0 Å². The Hall–Kier alpha value is -4.54. The Balaban J connectivity index is 5.43. The first-order chi connectivity index (χ1) is 49.7. The maximum atomic E-state index is 13.1. The minimum absolute atomic E-state index is 0.0916. The van der Waals surface area contributed by atoms with Crippen LogP contribution in [0.1, 0.15) is 323 Å². The fourth-order valence-electron chi connectivity index (χ4n) is 10.5. The van der Waals surface area contributed by atoms with Crippen molar-refractivity contribution in [1.29, 1.82) is 0 Å². The fourth-order valence-corrected chi connectivity index (χ4v) is 12.0. The monoisotopic (exact) mass is 1470 g/mol. The van der Waals surface area contributed by atoms with Crippen LogP contribution < -0.4 is 0 Å². The van der Waals surface area contributed by atoms with Crippen molar-refractivity contribution in [2.45, 2.75) is 341 Å². The Bertz CT molecular complexity index is 2410. The van der Waals surface area contributed by atoms with Gasteiger partial charge in [0.15, 0.2) is 12.2 Å². The number of rotatable bonds is 74. The molecule has 5 unspecified atom stereocenters. The molecule has 0 aromatic heterocycles. The third-order valence-corrected chi connectivity index (χ3v) is 18.4. The smallest absolute Gasteiger partial charge is 0.462 e. The third kappa shape index (κ3) is 73.8. The van der Waals surface area contributed by atoms with Crippen LogP contribution in [-0.2, 0) is 65.4 Å². The number of phosphoric ester groups is 2. The predicted octanol–water partition coefficient (Wildman–Crippen LogP) is 23.1. The first-order valence-electron chi connectivity index (χ1n) is 39.8. The van der Waals surface area contributed by atoms with E-state index in [0.29, 0.717) is 25.7 Å². The van der Waals surface area contributed by atoms with Crippen LogP contribution in [0.5, 0.6) is 0 Å². The molecule has 0 aliphatic rings. The van der Waals surface area contributed by atoms with Crippen molar-refractivity contribution < 1.29 is 80.2 Å². The Morgan fingerprint density at radius 3 is 0.892 bits per heavy atom. The van der Waals surface area contributed by atoms with Gasteiger partial charge in [-0.05, 0) is 116 Å². The average Bonchev–Trinajstić information content (AvgIpc) is 0.919. The highest BCUT2D eigenvalue weighted by molar-refractivity contribution is 7.47. The molecule has 0 aliphatic heterocycles. The Kier molecular flexibility index (Phi) is 71.4. The molecule has 102 heavy (non-hydrogen) atoms. The van der Waals surface area contributed by atoms with Gasteiger partial charge in [-0.2, -0.15) is 0 Å². The lowest BCUT2D eigenvalue weighted by atomic mass is 10.0. The zero-order valence-electron chi connectivity index (χ0n) is 64.0. The van der Waals surface area contributed by atoms with Gasteiger partial charge in [-0.15, -0.1) is 0 Å². The summed E-state index contributed by atoms with van der Waals surface area (Å²) in [6.07, 6.45) is 82.1. The van der Waals surface area contributed by atoms with Gasteiger partial charge in [-0.1, -0.05) is 303 Å². The molecular formula is C83H142O17P2. The number of esters is 4. The maximum Gasteiger partial charge on any atom is 0.472 e. The van der Waals surface area contributed by atoms with Crippen molar-refractivity contribution in [3.63, 3.8) is 0 Å². The minimum atomic E-state index is -5.00. The number of aliphatic hydroxyl groups is 1. The second-order valence-corrected chi connectivity index (χ2v) is 29.2. The molecule has 586 valence electrons. The number of carbonyl (C=O) groups is 4. The molecule has 0 saturated carbocycles. The largest absolute Gasteiger partial charge is 0.472 e. The van der Waals surface area contributed by atoms with Gasteiger partial charge in [0, 0.05) is 19.3 Å². The molecular weight excluding hydrogens is 1330 g/mol. The van der Waals surface area contributed by atoms with Gasteiger partial charge in [0.2, 0.25) is 0 Å². The highest BCUT2D eigenvalue weighted by Gasteiger charge is 2.30. The highest BCUT2D eigenvalue weighted by Crippen LogP contribution is 2.45. The molecule has 0 aromatic carbocycles. The third-order valence-electron chi connectivity index (χ3n) is 16.5. The predicted molar refractivity (Wildman–Crippen MR) is 418 cm³/mol. The molecule has 0 radical (unpaired) electrons. The molecule has 0 amide bonds. The lowest BCUT2D eigenvalue weighted by molar-refractivity contribution is -0.161. The van der Waals surface area contributed by atoms with Crippen LogP contribution in [0, 0.1) is 0 Å². The highest BCUT2D eigenvalue weighted by atomic mass is 31.2. The molecule has 19 heteroatoms. The number of phosphoric acid groups is 2. The average molecular weight is 1470 g/mol. The van der Waals surface area contributed by atoms with E-state index in [2.05, 4.69) is 125 Å². The van der Waals surface area contributed by atoms with E-state index in [1.807, 2.05) is 12.2 Å². The number of ether oxygens (including phenoxy) is 4. The normalized spacial score (nSPS) is 14.5. The summed E-state index contributed by atoms with van der Waals surface area (Å²) in [5.74, 6) is -2.34. The Labute approximate surface area is 619 Å². The number of hydrogen-bond donors (Lipinski definition) is 3. The molecule has 0 saturated heterocycles. The van der Waals surface area contributed by atoms with E-state index in [1.54, 1.807) is 12.2 Å². The van der Waals surface area contributed by atoms with E-state index in [1.165, 1.54) is 83.5 Å². The maximum absolute atomic E-state index is 13.1. The van der Waals surface area contributed by atoms with E-state index in [-0.39, 0.29) is 25.7 Å². The SMILES string of the molecule is CC/C=C\C/C=C\C/C=C\C/C=C\C/C=C\CC(=O)OC(COC(=O)CCCCCCCCC/C=C\C/C=C\C/C=C\CC)COP(=O)(O)OCC(O)COP(=O)(O)OCC(COC(=O)CCCCCCC/C=C\C/C=C\CCCCC)OC(=O)CCCCCCCCCCCCCCCCC. The Morgan fingerprint density at radius 2 is 0.549 bits per heavy atom. The summed E-state index contributed by atoms with van der Waals surface area (Å²) in [6.45, 7) is 4.51. The van der Waals surface area contributed by atoms with Crippen molar-refractivity contribution in [1.82, 2.24) is 0 Å². The van der Waals surface area contributed by atoms with Crippen LogP contribution in [0.4, 0.5) is 0 Å². The molecule has 5 atom stereocenters. The number of hydrogen-bond acceptors (Lipinski definition) is 15. The first kappa shape index (κ1) is 97.5. The number of aliphatic hydroxyl groups excluding tert-OH is 1. The van der Waals surface area contributed by atoms with E-state index in [4.69, 9.17) is 37.0 Å². The standard InChI is InChI=1S/C83H142O17P2/c1-5-9-13-17-21-25-29-33-37-38-42-44-48-52-56-60-64-68-81(86)94-74-79(100-83(88)70-66-62-58-54-50-46-41-36-32-28-24-20-16-12-8-4)76-98-102(91,92)96-72-77(84)71-95-101(89,90)97-75-78(99-82(87)69-65-61-57-53-49-45-40-35-31-27-23-19-15-11-7-3)73-93-80(85)67-63-59-55-51-47-43-39-34-30-26-22-18-14-10-6-2/h9,12-13,16,21-22,24-26,28,33-34,36-37,39,41,50,54,62,66,77-79,84H,5-8,10-11,14-15,17-20,23,27,29-32,35,38,40,42-49,51-53,55-61,63-65,67-76H2,1-4H3,(H,89,90)(H,91,92)/b13-9-,16-12-,25-21-,26-22-,28-24-,37-33-,39-34-,41-36-,54-50-,66-62-. The summed E-state index contributed by atoms with van der Waals surface area (Å²) in [5.41, 5.74) is 0. The summed E-state index contributed by atoms with van der Waals surface area (Å²) >= 11 is 0. The summed E-state index contributed by atoms with van der Waals surface area (Å²) in [5, 5.41) is 10.6. The molecule has 0 heterocycles. The fraction of sp³-hybridized carbons (Fsp3) is 0.711. The zero-order valence-corrected chi connectivity index (χ0v) is 65.8. The molecule has 0 fully saturated rings. The van der Waals surface area contributed by atoms with Gasteiger partial charge in [0.1, 0.15) is 19.3 Å². The van der Waals surface area contributed by atoms with Crippen LogP contribution in [0.2, 0.25) is 0 Å². The van der Waals surface area contributed by atoms with Gasteiger partial charge in [0.25, 0.3) is 0 Å². The molecule has 0 aliphatic carbocycles. The topological polar surface area (TPSA) is 237 Å². The Morgan fingerprint density at radius 1 is 0.294 bits per heavy atom. The van der Waals surface area contributed by atoms with E-state index in [0.717, 1.165) is 161 Å². The van der Waals surface area contributed by atoms with Gasteiger partial charge < -0.3 is 33.8 Å². The lowest BCUT2D eigenvalue weighted by Crippen LogP contribution is -2.30. The molecule has 0 rings (SSSR count). The van der Waals surface area contributed by atoms with Crippen LogP contribution in [0.25, 0.3) is 0 Å². The van der Waals surface area contributed by atoms with Crippen molar-refractivity contribution in [2.24, 2.45) is 0 Å². The second-order valence-electron chi connectivity index (χ2n) is 26.3. The van der Waals surface area contributed by atoms with Gasteiger partial charge in [-0.3, -0.25) is 37.3 Å². The van der Waals surface area contributed by atoms with Crippen LogP contribution >= 0.6 is 15.6 Å². The van der Waals surface area contributed by atoms with Crippen LogP contribution in [0.15, 0.2) is 122 Å². The van der Waals surface area contributed by atoms with Crippen molar-refractivity contribution in [2.75, 3.05) is 39.6 Å². The summed E-state index contributed by atoms with van der Waals surface area (Å²) < 4.78 is 68.5. The minimum Gasteiger partial charge on any atom is -0.462 e. The van der Waals surface area contributed by atoms with Crippen LogP contribution in [-0.4, -0.2) is 96.7 Å². The summed E-state index contributed by atoms with van der Waals surface area (Å²) in [4.78, 5) is 72.9. The van der Waals surface area contributed by atoms with Crippen LogP contribution in [0.3, 0.4) is 0 Å². The van der Waals surface area contributed by atoms with Crippen molar-refractivity contribution in [3.8, 4) is 0 Å². The summed E-state index contributed by atoms with van der Waals surface area (Å²) in [7, 11) is -9.99. The first-order valence-corrected chi connectivity index (χ1v) is 42.8. The van der Waals surface area contributed by atoms with Gasteiger partial charge >= 0.3 is 39.5 Å². The molecule has 3 N–H and O–H groups in total. The second kappa shape index (κ2) is 74.7. The van der Waals surface area contributed by atoms with E-state index < -0.39 is 97.5 Å². The molecule has 0 spiro atoms. The number of unbranched alkanes of at least 4 members (excludes halogenated alkanes) is 29. The van der Waals surface area contributed by atoms with Crippen molar-refractivity contribution >= 4 is 39.5 Å². The zero-order chi connectivity index (χ0) is 74.6. The van der Waals surface area contributed by atoms with E-state index in [9.17, 15) is 43.2 Å². The lowest BCUT2D eigenvalue weighted by Gasteiger charge is -2.21. The van der Waals surface area contributed by atoms with Crippen molar-refractivity contribution in [3.05, 3.63) is 122 Å². The quantitative estimate of drug-likeness (QED) is 0.0169. The number of carbonyl (C=O) groups excluding carboxylic acids is 4. The number of allylic oxidation sites excluding steroid dienone is 19. The summed E-state index contributed by atoms with van der Waals surface area (Å²) in [6, 6.07) is 0. The molecule has 0 bridgehead atoms.